The van der Waals surface area contributed by atoms with Crippen LogP contribution in [0.1, 0.15) is 32.9 Å². The summed E-state index contributed by atoms with van der Waals surface area (Å²) in [7, 11) is 0. The van der Waals surface area contributed by atoms with Gasteiger partial charge in [-0.15, -0.1) is 0 Å². The number of benzene rings is 1. The molecule has 4 heteroatoms. The van der Waals surface area contributed by atoms with Crippen molar-refractivity contribution in [2.24, 2.45) is 5.92 Å². The lowest BCUT2D eigenvalue weighted by Crippen LogP contribution is -2.33. The molecule has 0 aliphatic carbocycles. The van der Waals surface area contributed by atoms with Gasteiger partial charge in [-0.25, -0.2) is 9.78 Å². The molecule has 0 bridgehead atoms. The molecule has 0 aliphatic rings. The number of aliphatic hydroxyl groups excluding tert-OH is 1. The number of pyridine rings is 1. The topological polar surface area (TPSA) is 59.4 Å². The first-order valence-corrected chi connectivity index (χ1v) is 7.13. The third-order valence-corrected chi connectivity index (χ3v) is 3.41. The van der Waals surface area contributed by atoms with Crippen LogP contribution in [0.4, 0.5) is 0 Å². The number of carbonyl (C=O) groups excluding carboxylic acids is 1. The summed E-state index contributed by atoms with van der Waals surface area (Å²) in [6.07, 6.45) is 0.643. The summed E-state index contributed by atoms with van der Waals surface area (Å²) < 4.78 is 5.48. The largest absolute Gasteiger partial charge is 0.451 e. The number of carbonyl (C=O) groups is 1. The average molecular weight is 287 g/mol. The molecule has 1 N–H and O–H groups in total. The van der Waals surface area contributed by atoms with Crippen LogP contribution in [0.5, 0.6) is 0 Å². The van der Waals surface area contributed by atoms with Crippen molar-refractivity contribution in [2.45, 2.75) is 32.8 Å². The molecule has 4 nitrogen and oxygen atoms in total. The van der Waals surface area contributed by atoms with Crippen molar-refractivity contribution >= 4 is 16.9 Å². The van der Waals surface area contributed by atoms with E-state index in [0.717, 1.165) is 10.9 Å². The Morgan fingerprint density at radius 1 is 1.29 bits per heavy atom. The third kappa shape index (κ3) is 3.58. The van der Waals surface area contributed by atoms with E-state index in [1.807, 2.05) is 43.3 Å². The summed E-state index contributed by atoms with van der Waals surface area (Å²) in [5.74, 6) is -0.303. The van der Waals surface area contributed by atoms with Crippen molar-refractivity contribution in [3.63, 3.8) is 0 Å². The van der Waals surface area contributed by atoms with E-state index in [4.69, 9.17) is 9.84 Å². The number of rotatable bonds is 5. The Bertz CT molecular complexity index is 639. The average Bonchev–Trinajstić information content (AvgIpc) is 2.45. The first-order valence-electron chi connectivity index (χ1n) is 7.13. The zero-order valence-electron chi connectivity index (χ0n) is 12.7. The van der Waals surface area contributed by atoms with Crippen LogP contribution in [0.3, 0.4) is 0 Å². The van der Waals surface area contributed by atoms with E-state index in [9.17, 15) is 4.79 Å². The minimum Gasteiger partial charge on any atom is -0.451 e. The smallest absolute Gasteiger partial charge is 0.332 e. The molecule has 1 aromatic carbocycles. The molecule has 0 radical (unpaired) electrons. The van der Waals surface area contributed by atoms with Crippen molar-refractivity contribution in [2.75, 3.05) is 6.61 Å². The lowest BCUT2D eigenvalue weighted by molar-refractivity contribution is -0.164. The summed E-state index contributed by atoms with van der Waals surface area (Å²) in [4.78, 5) is 16.2. The monoisotopic (exact) mass is 287 g/mol. The van der Waals surface area contributed by atoms with Crippen LogP contribution < -0.4 is 0 Å². The number of aromatic nitrogens is 1. The van der Waals surface area contributed by atoms with E-state index >= 15 is 0 Å². The van der Waals surface area contributed by atoms with Crippen LogP contribution >= 0.6 is 0 Å². The maximum Gasteiger partial charge on any atom is 0.332 e. The van der Waals surface area contributed by atoms with Crippen LogP contribution in [0.2, 0.25) is 0 Å². The molecule has 0 aliphatic heterocycles. The number of ether oxygens (including phenoxy) is 1. The van der Waals surface area contributed by atoms with Gasteiger partial charge in [-0.1, -0.05) is 38.1 Å². The molecule has 0 amide bonds. The summed E-state index contributed by atoms with van der Waals surface area (Å²) >= 11 is 0. The highest BCUT2D eigenvalue weighted by atomic mass is 16.6. The number of hydrogen-bond acceptors (Lipinski definition) is 4. The highest BCUT2D eigenvalue weighted by Crippen LogP contribution is 2.32. The molecular weight excluding hydrogens is 266 g/mol. The van der Waals surface area contributed by atoms with Crippen LogP contribution in [0.25, 0.3) is 10.9 Å². The molecule has 1 heterocycles. The first-order chi connectivity index (χ1) is 9.94. The Labute approximate surface area is 124 Å². The molecule has 0 fully saturated rings. The van der Waals surface area contributed by atoms with Crippen LogP contribution in [0, 0.1) is 5.92 Å². The molecule has 2 aromatic rings. The van der Waals surface area contributed by atoms with E-state index < -0.39 is 18.2 Å². The molecule has 21 heavy (non-hydrogen) atoms. The second kappa shape index (κ2) is 6.22. The van der Waals surface area contributed by atoms with Gasteiger partial charge in [-0.3, -0.25) is 0 Å². The van der Waals surface area contributed by atoms with Gasteiger partial charge in [0.15, 0.2) is 5.60 Å². The van der Waals surface area contributed by atoms with Crippen molar-refractivity contribution < 1.29 is 14.6 Å². The lowest BCUT2D eigenvalue weighted by atomic mass is 9.90. The van der Waals surface area contributed by atoms with Crippen molar-refractivity contribution in [3.8, 4) is 0 Å². The van der Waals surface area contributed by atoms with Gasteiger partial charge in [0.25, 0.3) is 0 Å². The van der Waals surface area contributed by atoms with Gasteiger partial charge in [0.2, 0.25) is 0 Å². The highest BCUT2D eigenvalue weighted by Gasteiger charge is 2.33. The summed E-state index contributed by atoms with van der Waals surface area (Å²) in [6.45, 7) is 5.34. The van der Waals surface area contributed by atoms with E-state index in [1.54, 1.807) is 0 Å². The van der Waals surface area contributed by atoms with Gasteiger partial charge in [-0.05, 0) is 31.4 Å². The summed E-state index contributed by atoms with van der Waals surface area (Å²) in [5.41, 5.74) is 0.736. The van der Waals surface area contributed by atoms with Gasteiger partial charge in [0.05, 0.1) is 11.2 Å². The summed E-state index contributed by atoms with van der Waals surface area (Å²) in [5, 5.41) is 10.00. The van der Waals surface area contributed by atoms with E-state index in [-0.39, 0.29) is 0 Å². The number of esters is 1. The zero-order valence-corrected chi connectivity index (χ0v) is 12.7. The quantitative estimate of drug-likeness (QED) is 0.859. The SMILES string of the molecule is CC(C)CC(C)(OC(=O)CO)c1ccc2ccccc2n1. The lowest BCUT2D eigenvalue weighted by Gasteiger charge is -2.30. The van der Waals surface area contributed by atoms with E-state index in [0.29, 0.717) is 18.0 Å². The number of nitrogens with zero attached hydrogens (tertiary/aromatic N) is 1. The third-order valence-electron chi connectivity index (χ3n) is 3.41. The second-order valence-electron chi connectivity index (χ2n) is 5.85. The first kappa shape index (κ1) is 15.4. The number of para-hydroxylation sites is 1. The van der Waals surface area contributed by atoms with Gasteiger partial charge < -0.3 is 9.84 Å². The van der Waals surface area contributed by atoms with Gasteiger partial charge in [0.1, 0.15) is 6.61 Å². The Morgan fingerprint density at radius 3 is 2.67 bits per heavy atom. The number of hydrogen-bond donors (Lipinski definition) is 1. The molecule has 0 spiro atoms. The zero-order chi connectivity index (χ0) is 15.5. The van der Waals surface area contributed by atoms with Crippen LogP contribution in [-0.4, -0.2) is 22.7 Å². The Morgan fingerprint density at radius 2 is 2.00 bits per heavy atom. The minimum atomic E-state index is -0.835. The highest BCUT2D eigenvalue weighted by molar-refractivity contribution is 5.78. The van der Waals surface area contributed by atoms with Crippen molar-refractivity contribution in [3.05, 3.63) is 42.1 Å². The molecule has 112 valence electrons. The van der Waals surface area contributed by atoms with Crippen molar-refractivity contribution in [1.82, 2.24) is 4.98 Å². The Balaban J connectivity index is 2.44. The maximum absolute atomic E-state index is 11.5. The number of fused-ring (bicyclic) bond motifs is 1. The molecule has 1 aromatic heterocycles. The fourth-order valence-corrected chi connectivity index (χ4v) is 2.62. The molecule has 1 atom stereocenters. The fourth-order valence-electron chi connectivity index (χ4n) is 2.62. The Hall–Kier alpha value is -1.94. The molecule has 2 rings (SSSR count). The minimum absolute atomic E-state index is 0.328. The number of aliphatic hydroxyl groups is 1. The van der Waals surface area contributed by atoms with E-state index in [2.05, 4.69) is 18.8 Å². The predicted octanol–water partition coefficient (Wildman–Crippen LogP) is 3.03. The maximum atomic E-state index is 11.5. The van der Waals surface area contributed by atoms with E-state index in [1.165, 1.54) is 0 Å². The second-order valence-corrected chi connectivity index (χ2v) is 5.85. The normalized spacial score (nSPS) is 14.1. The summed E-state index contributed by atoms with van der Waals surface area (Å²) in [6, 6.07) is 11.7. The fraction of sp³-hybridized carbons (Fsp3) is 0.412. The molecule has 0 saturated heterocycles. The van der Waals surface area contributed by atoms with Crippen molar-refractivity contribution in [1.29, 1.82) is 0 Å². The van der Waals surface area contributed by atoms with Gasteiger partial charge >= 0.3 is 5.97 Å². The van der Waals surface area contributed by atoms with Gasteiger partial charge in [-0.2, -0.15) is 0 Å². The standard InChI is InChI=1S/C17H21NO3/c1-12(2)10-17(3,21-16(20)11-19)15-9-8-13-6-4-5-7-14(13)18-15/h4-9,12,19H,10-11H2,1-3H3. The van der Waals surface area contributed by atoms with Crippen LogP contribution in [-0.2, 0) is 15.1 Å². The predicted molar refractivity (Wildman–Crippen MR) is 81.7 cm³/mol. The molecule has 1 unspecified atom stereocenters. The van der Waals surface area contributed by atoms with Crippen LogP contribution in [0.15, 0.2) is 36.4 Å². The molecular formula is C17H21NO3. The van der Waals surface area contributed by atoms with Gasteiger partial charge in [0, 0.05) is 5.39 Å². The molecule has 0 saturated carbocycles. The Kier molecular flexibility index (Phi) is 4.58.